The summed E-state index contributed by atoms with van der Waals surface area (Å²) in [5.74, 6) is 5.42. The molecule has 0 spiro atoms. The van der Waals surface area contributed by atoms with Crippen LogP contribution in [-0.2, 0) is 0 Å². The van der Waals surface area contributed by atoms with Crippen molar-refractivity contribution in [1.82, 2.24) is 10.3 Å². The van der Waals surface area contributed by atoms with Crippen LogP contribution < -0.4 is 11.1 Å². The van der Waals surface area contributed by atoms with Gasteiger partial charge in [-0.15, -0.1) is 0 Å². The molecule has 0 radical (unpaired) electrons. The standard InChI is InChI=1S/C15H21N3O/c1-4-15(2,3)11-18-14(19)13-12(7-5-9-16)8-6-10-17-13/h6,8,10H,4,9,11,16H2,1-3H3,(H,18,19). The summed E-state index contributed by atoms with van der Waals surface area (Å²) in [5, 5.41) is 2.91. The predicted molar refractivity (Wildman–Crippen MR) is 76.6 cm³/mol. The summed E-state index contributed by atoms with van der Waals surface area (Å²) >= 11 is 0. The summed E-state index contributed by atoms with van der Waals surface area (Å²) in [6, 6.07) is 3.53. The topological polar surface area (TPSA) is 68.0 Å². The highest BCUT2D eigenvalue weighted by Crippen LogP contribution is 2.18. The summed E-state index contributed by atoms with van der Waals surface area (Å²) in [6.45, 7) is 7.20. The fourth-order valence-electron chi connectivity index (χ4n) is 1.36. The molecular formula is C15H21N3O. The predicted octanol–water partition coefficient (Wildman–Crippen LogP) is 1.56. The van der Waals surface area contributed by atoms with Gasteiger partial charge in [0.25, 0.3) is 5.91 Å². The Morgan fingerprint density at radius 1 is 1.53 bits per heavy atom. The molecule has 0 atom stereocenters. The lowest BCUT2D eigenvalue weighted by Gasteiger charge is -2.22. The number of nitrogens with one attached hydrogen (secondary N) is 1. The lowest BCUT2D eigenvalue weighted by molar-refractivity contribution is 0.0930. The van der Waals surface area contributed by atoms with Gasteiger partial charge in [-0.1, -0.05) is 32.6 Å². The molecule has 4 heteroatoms. The van der Waals surface area contributed by atoms with Crippen LogP contribution in [0.25, 0.3) is 0 Å². The zero-order valence-electron chi connectivity index (χ0n) is 11.8. The van der Waals surface area contributed by atoms with Gasteiger partial charge in [0.15, 0.2) is 0 Å². The summed E-state index contributed by atoms with van der Waals surface area (Å²) in [5.41, 5.74) is 6.39. The molecule has 4 nitrogen and oxygen atoms in total. The Morgan fingerprint density at radius 2 is 2.26 bits per heavy atom. The van der Waals surface area contributed by atoms with Gasteiger partial charge in [0, 0.05) is 12.7 Å². The van der Waals surface area contributed by atoms with Crippen molar-refractivity contribution in [1.29, 1.82) is 0 Å². The molecule has 102 valence electrons. The first kappa shape index (κ1) is 15.2. The quantitative estimate of drug-likeness (QED) is 0.806. The van der Waals surface area contributed by atoms with E-state index >= 15 is 0 Å². The zero-order chi connectivity index (χ0) is 14.3. The van der Waals surface area contributed by atoms with Crippen LogP contribution in [0, 0.1) is 17.3 Å². The third kappa shape index (κ3) is 4.72. The van der Waals surface area contributed by atoms with E-state index in [4.69, 9.17) is 5.73 Å². The number of carbonyl (C=O) groups is 1. The Morgan fingerprint density at radius 3 is 2.89 bits per heavy atom. The first-order chi connectivity index (χ1) is 9.00. The fraction of sp³-hybridized carbons (Fsp3) is 0.467. The minimum absolute atomic E-state index is 0.0769. The highest BCUT2D eigenvalue weighted by atomic mass is 16.1. The van der Waals surface area contributed by atoms with Crippen molar-refractivity contribution < 1.29 is 4.79 Å². The number of hydrogen-bond donors (Lipinski definition) is 2. The molecule has 1 rings (SSSR count). The molecule has 1 aromatic rings. The number of hydrogen-bond acceptors (Lipinski definition) is 3. The maximum absolute atomic E-state index is 12.1. The van der Waals surface area contributed by atoms with Crippen molar-refractivity contribution in [3.8, 4) is 11.8 Å². The fourth-order valence-corrected chi connectivity index (χ4v) is 1.36. The average Bonchev–Trinajstić information content (AvgIpc) is 2.43. The van der Waals surface area contributed by atoms with E-state index in [0.29, 0.717) is 17.8 Å². The van der Waals surface area contributed by atoms with E-state index < -0.39 is 0 Å². The van der Waals surface area contributed by atoms with Crippen LogP contribution in [0.15, 0.2) is 18.3 Å². The Kier molecular flexibility index (Phi) is 5.53. The maximum atomic E-state index is 12.1. The normalized spacial score (nSPS) is 10.5. The van der Waals surface area contributed by atoms with Crippen molar-refractivity contribution in [2.24, 2.45) is 11.1 Å². The molecule has 0 saturated carbocycles. The first-order valence-corrected chi connectivity index (χ1v) is 6.42. The molecule has 3 N–H and O–H groups in total. The Labute approximate surface area is 114 Å². The molecule has 0 aliphatic heterocycles. The lowest BCUT2D eigenvalue weighted by Crippen LogP contribution is -2.34. The molecule has 0 aliphatic rings. The minimum Gasteiger partial charge on any atom is -0.350 e. The van der Waals surface area contributed by atoms with E-state index in [0.717, 1.165) is 6.42 Å². The van der Waals surface area contributed by atoms with E-state index in [9.17, 15) is 4.79 Å². The monoisotopic (exact) mass is 259 g/mol. The number of nitrogens with two attached hydrogens (primary N) is 1. The third-order valence-electron chi connectivity index (χ3n) is 3.03. The van der Waals surface area contributed by atoms with E-state index in [1.165, 1.54) is 0 Å². The van der Waals surface area contributed by atoms with Gasteiger partial charge in [-0.25, -0.2) is 4.98 Å². The molecule has 0 saturated heterocycles. The molecule has 0 bridgehead atoms. The van der Waals surface area contributed by atoms with Crippen LogP contribution in [0.3, 0.4) is 0 Å². The van der Waals surface area contributed by atoms with Gasteiger partial charge in [-0.2, -0.15) is 0 Å². The molecule has 0 fully saturated rings. The zero-order valence-corrected chi connectivity index (χ0v) is 11.8. The van der Waals surface area contributed by atoms with Gasteiger partial charge >= 0.3 is 0 Å². The van der Waals surface area contributed by atoms with E-state index in [2.05, 4.69) is 42.9 Å². The summed E-state index contributed by atoms with van der Waals surface area (Å²) in [4.78, 5) is 16.2. The van der Waals surface area contributed by atoms with Crippen molar-refractivity contribution in [3.05, 3.63) is 29.6 Å². The first-order valence-electron chi connectivity index (χ1n) is 6.42. The largest absolute Gasteiger partial charge is 0.350 e. The van der Waals surface area contributed by atoms with Gasteiger partial charge in [0.2, 0.25) is 0 Å². The molecule has 0 aliphatic carbocycles. The second-order valence-corrected chi connectivity index (χ2v) is 5.11. The molecule has 19 heavy (non-hydrogen) atoms. The number of amides is 1. The highest BCUT2D eigenvalue weighted by Gasteiger charge is 2.18. The SMILES string of the molecule is CCC(C)(C)CNC(=O)c1ncccc1C#CCN. The molecule has 1 heterocycles. The summed E-state index contributed by atoms with van der Waals surface area (Å²) in [6.07, 6.45) is 2.59. The summed E-state index contributed by atoms with van der Waals surface area (Å²) < 4.78 is 0. The van der Waals surface area contributed by atoms with E-state index in [1.807, 2.05) is 0 Å². The van der Waals surface area contributed by atoms with Gasteiger partial charge in [0.05, 0.1) is 12.1 Å². The molecule has 0 unspecified atom stereocenters. The number of aromatic nitrogens is 1. The van der Waals surface area contributed by atoms with E-state index in [-0.39, 0.29) is 17.9 Å². The molecule has 0 aromatic carbocycles. The van der Waals surface area contributed by atoms with Crippen LogP contribution in [0.5, 0.6) is 0 Å². The molecule has 1 aromatic heterocycles. The number of carbonyl (C=O) groups excluding carboxylic acids is 1. The number of pyridine rings is 1. The minimum atomic E-state index is -0.191. The highest BCUT2D eigenvalue weighted by molar-refractivity contribution is 5.94. The smallest absolute Gasteiger partial charge is 0.271 e. The Bertz CT molecular complexity index is 498. The van der Waals surface area contributed by atoms with Crippen molar-refractivity contribution >= 4 is 5.91 Å². The van der Waals surface area contributed by atoms with Crippen LogP contribution in [0.4, 0.5) is 0 Å². The Hall–Kier alpha value is -1.86. The molecule has 1 amide bonds. The van der Waals surface area contributed by atoms with Crippen LogP contribution in [0.1, 0.15) is 43.2 Å². The second kappa shape index (κ2) is 6.91. The molecular weight excluding hydrogens is 238 g/mol. The van der Waals surface area contributed by atoms with Gasteiger partial charge in [0.1, 0.15) is 5.69 Å². The van der Waals surface area contributed by atoms with Gasteiger partial charge in [-0.05, 0) is 24.0 Å². The average molecular weight is 259 g/mol. The van der Waals surface area contributed by atoms with Crippen LogP contribution in [-0.4, -0.2) is 24.0 Å². The van der Waals surface area contributed by atoms with Crippen molar-refractivity contribution in [3.63, 3.8) is 0 Å². The maximum Gasteiger partial charge on any atom is 0.271 e. The number of nitrogens with zero attached hydrogens (tertiary/aromatic N) is 1. The number of rotatable bonds is 4. The van der Waals surface area contributed by atoms with Gasteiger partial charge in [-0.3, -0.25) is 4.79 Å². The van der Waals surface area contributed by atoms with Crippen LogP contribution >= 0.6 is 0 Å². The summed E-state index contributed by atoms with van der Waals surface area (Å²) in [7, 11) is 0. The third-order valence-corrected chi connectivity index (χ3v) is 3.03. The van der Waals surface area contributed by atoms with Gasteiger partial charge < -0.3 is 11.1 Å². The van der Waals surface area contributed by atoms with Crippen molar-refractivity contribution in [2.45, 2.75) is 27.2 Å². The van der Waals surface area contributed by atoms with E-state index in [1.54, 1.807) is 18.3 Å². The Balaban J connectivity index is 2.83. The lowest BCUT2D eigenvalue weighted by atomic mass is 9.90. The van der Waals surface area contributed by atoms with Crippen molar-refractivity contribution in [2.75, 3.05) is 13.1 Å². The second-order valence-electron chi connectivity index (χ2n) is 5.11. The van der Waals surface area contributed by atoms with Crippen LogP contribution in [0.2, 0.25) is 0 Å².